The lowest BCUT2D eigenvalue weighted by Crippen LogP contribution is -2.22. The minimum atomic E-state index is 0.0606. The van der Waals surface area contributed by atoms with Crippen molar-refractivity contribution in [1.82, 2.24) is 15.1 Å². The number of aromatic nitrogens is 2. The number of nitrogens with zero attached hydrogens (tertiary/aromatic N) is 2. The van der Waals surface area contributed by atoms with Crippen LogP contribution < -0.4 is 5.32 Å². The Hall–Kier alpha value is -1.27. The van der Waals surface area contributed by atoms with Crippen LogP contribution in [0.3, 0.4) is 0 Å². The third-order valence-corrected chi connectivity index (χ3v) is 2.58. The van der Waals surface area contributed by atoms with Crippen molar-refractivity contribution in [3.05, 3.63) is 18.0 Å². The van der Waals surface area contributed by atoms with Crippen molar-refractivity contribution in [2.24, 2.45) is 0 Å². The highest BCUT2D eigenvalue weighted by Gasteiger charge is 2.13. The molecule has 0 amide bonds. The predicted octanol–water partition coefficient (Wildman–Crippen LogP) is 2.53. The normalized spacial score (nSPS) is 11.4. The van der Waals surface area contributed by atoms with E-state index in [1.54, 1.807) is 0 Å². The van der Waals surface area contributed by atoms with Gasteiger partial charge < -0.3 is 5.32 Å². The second kappa shape index (κ2) is 6.46. The molecule has 0 spiro atoms. The molecule has 1 heterocycles. The van der Waals surface area contributed by atoms with Crippen LogP contribution in [0.2, 0.25) is 0 Å². The monoisotopic (exact) mass is 233 g/mol. The first-order valence-corrected chi connectivity index (χ1v) is 6.22. The maximum absolute atomic E-state index is 5.20. The summed E-state index contributed by atoms with van der Waals surface area (Å²) < 4.78 is 2.00. The van der Waals surface area contributed by atoms with E-state index in [4.69, 9.17) is 6.42 Å². The maximum Gasteiger partial charge on any atom is 0.0543 e. The molecule has 0 bridgehead atoms. The van der Waals surface area contributed by atoms with Crippen molar-refractivity contribution in [2.75, 3.05) is 6.54 Å². The van der Waals surface area contributed by atoms with Crippen LogP contribution in [0.15, 0.2) is 12.4 Å². The zero-order valence-electron chi connectivity index (χ0n) is 11.2. The van der Waals surface area contributed by atoms with E-state index in [1.807, 2.05) is 10.9 Å². The van der Waals surface area contributed by atoms with Crippen LogP contribution in [0, 0.1) is 12.3 Å². The first-order chi connectivity index (χ1) is 8.04. The van der Waals surface area contributed by atoms with Gasteiger partial charge in [-0.1, -0.05) is 0 Å². The summed E-state index contributed by atoms with van der Waals surface area (Å²) >= 11 is 0. The zero-order valence-corrected chi connectivity index (χ0v) is 11.2. The van der Waals surface area contributed by atoms with Crippen LogP contribution in [0.4, 0.5) is 0 Å². The lowest BCUT2D eigenvalue weighted by atomic mass is 10.1. The summed E-state index contributed by atoms with van der Waals surface area (Å²) in [5.41, 5.74) is 1.29. The average molecular weight is 233 g/mol. The third-order valence-electron chi connectivity index (χ3n) is 2.58. The van der Waals surface area contributed by atoms with E-state index in [1.165, 1.54) is 5.56 Å². The van der Waals surface area contributed by atoms with Crippen LogP contribution in [-0.2, 0) is 12.1 Å². The van der Waals surface area contributed by atoms with Gasteiger partial charge in [-0.05, 0) is 40.2 Å². The first kappa shape index (κ1) is 13.8. The van der Waals surface area contributed by atoms with Crippen molar-refractivity contribution < 1.29 is 0 Å². The molecular formula is C14H23N3. The Morgan fingerprint density at radius 3 is 2.76 bits per heavy atom. The second-order valence-electron chi connectivity index (χ2n) is 5.30. The molecule has 0 aromatic carbocycles. The molecule has 0 saturated heterocycles. The fourth-order valence-corrected chi connectivity index (χ4v) is 1.53. The zero-order chi connectivity index (χ0) is 12.7. The molecule has 0 aliphatic heterocycles. The van der Waals surface area contributed by atoms with Crippen molar-refractivity contribution in [3.8, 4) is 12.3 Å². The SMILES string of the molecule is C#CCCCCNCc1cnn(C(C)(C)C)c1. The molecule has 1 N–H and O–H groups in total. The predicted molar refractivity (Wildman–Crippen MR) is 71.6 cm³/mol. The minimum absolute atomic E-state index is 0.0606. The molecule has 3 nitrogen and oxygen atoms in total. The minimum Gasteiger partial charge on any atom is -0.313 e. The van der Waals surface area contributed by atoms with E-state index < -0.39 is 0 Å². The molecular weight excluding hydrogens is 210 g/mol. The standard InChI is InChI=1S/C14H23N3/c1-5-6-7-8-9-15-10-13-11-16-17(12-13)14(2,3)4/h1,11-12,15H,6-10H2,2-4H3. The van der Waals surface area contributed by atoms with Gasteiger partial charge in [0.25, 0.3) is 0 Å². The van der Waals surface area contributed by atoms with E-state index in [-0.39, 0.29) is 5.54 Å². The fraction of sp³-hybridized carbons (Fsp3) is 0.643. The van der Waals surface area contributed by atoms with Gasteiger partial charge in [-0.25, -0.2) is 0 Å². The number of hydrogen-bond donors (Lipinski definition) is 1. The van der Waals surface area contributed by atoms with E-state index in [0.717, 1.165) is 32.4 Å². The Balaban J connectivity index is 2.24. The molecule has 0 aliphatic carbocycles. The van der Waals surface area contributed by atoms with Gasteiger partial charge in [-0.2, -0.15) is 5.10 Å². The molecule has 0 radical (unpaired) electrons. The molecule has 0 aliphatic rings. The third kappa shape index (κ3) is 5.06. The maximum atomic E-state index is 5.20. The Labute approximate surface area is 105 Å². The van der Waals surface area contributed by atoms with E-state index in [0.29, 0.717) is 0 Å². The number of terminal acetylenes is 1. The van der Waals surface area contributed by atoms with E-state index in [2.05, 4.69) is 43.3 Å². The largest absolute Gasteiger partial charge is 0.313 e. The van der Waals surface area contributed by atoms with Gasteiger partial charge in [-0.3, -0.25) is 4.68 Å². The van der Waals surface area contributed by atoms with Crippen LogP contribution >= 0.6 is 0 Å². The Bertz CT molecular complexity index is 366. The summed E-state index contributed by atoms with van der Waals surface area (Å²) in [5.74, 6) is 2.66. The van der Waals surface area contributed by atoms with E-state index in [9.17, 15) is 0 Å². The average Bonchev–Trinajstić information content (AvgIpc) is 2.71. The fourth-order valence-electron chi connectivity index (χ4n) is 1.53. The number of nitrogens with one attached hydrogen (secondary N) is 1. The van der Waals surface area contributed by atoms with Crippen molar-refractivity contribution in [3.63, 3.8) is 0 Å². The molecule has 1 aromatic rings. The summed E-state index contributed by atoms with van der Waals surface area (Å²) in [4.78, 5) is 0. The second-order valence-corrected chi connectivity index (χ2v) is 5.30. The summed E-state index contributed by atoms with van der Waals surface area (Å²) in [5, 5.41) is 7.77. The molecule has 0 fully saturated rings. The summed E-state index contributed by atoms with van der Waals surface area (Å²) in [6.07, 6.45) is 12.3. The van der Waals surface area contributed by atoms with Gasteiger partial charge in [0.15, 0.2) is 0 Å². The first-order valence-electron chi connectivity index (χ1n) is 6.22. The topological polar surface area (TPSA) is 29.9 Å². The molecule has 0 atom stereocenters. The van der Waals surface area contributed by atoms with Crippen LogP contribution in [0.1, 0.15) is 45.6 Å². The smallest absolute Gasteiger partial charge is 0.0543 e. The lowest BCUT2D eigenvalue weighted by Gasteiger charge is -2.18. The van der Waals surface area contributed by atoms with Gasteiger partial charge in [0, 0.05) is 24.7 Å². The number of hydrogen-bond acceptors (Lipinski definition) is 2. The Morgan fingerprint density at radius 1 is 1.41 bits per heavy atom. The lowest BCUT2D eigenvalue weighted by molar-refractivity contribution is 0.355. The Kier molecular flexibility index (Phi) is 5.24. The van der Waals surface area contributed by atoms with Crippen molar-refractivity contribution >= 4 is 0 Å². The van der Waals surface area contributed by atoms with Gasteiger partial charge in [-0.15, -0.1) is 12.3 Å². The van der Waals surface area contributed by atoms with Crippen LogP contribution in [0.25, 0.3) is 0 Å². The molecule has 3 heteroatoms. The number of rotatable bonds is 6. The van der Waals surface area contributed by atoms with Gasteiger partial charge in [0.1, 0.15) is 0 Å². The molecule has 94 valence electrons. The van der Waals surface area contributed by atoms with Crippen LogP contribution in [-0.4, -0.2) is 16.3 Å². The molecule has 17 heavy (non-hydrogen) atoms. The highest BCUT2D eigenvalue weighted by Crippen LogP contribution is 2.12. The molecule has 1 rings (SSSR count). The van der Waals surface area contributed by atoms with E-state index >= 15 is 0 Å². The molecule has 0 saturated carbocycles. The van der Waals surface area contributed by atoms with Gasteiger partial charge in [0.2, 0.25) is 0 Å². The van der Waals surface area contributed by atoms with Crippen molar-refractivity contribution in [1.29, 1.82) is 0 Å². The molecule has 1 aromatic heterocycles. The summed E-state index contributed by atoms with van der Waals surface area (Å²) in [7, 11) is 0. The molecule has 0 unspecified atom stereocenters. The highest BCUT2D eigenvalue weighted by molar-refractivity contribution is 5.04. The summed E-state index contributed by atoms with van der Waals surface area (Å²) in [6.45, 7) is 8.35. The van der Waals surface area contributed by atoms with Gasteiger partial charge >= 0.3 is 0 Å². The quantitative estimate of drug-likeness (QED) is 0.604. The Morgan fingerprint density at radius 2 is 2.18 bits per heavy atom. The van der Waals surface area contributed by atoms with Crippen molar-refractivity contribution in [2.45, 2.75) is 52.1 Å². The highest BCUT2D eigenvalue weighted by atomic mass is 15.3. The van der Waals surface area contributed by atoms with Gasteiger partial charge in [0.05, 0.1) is 11.7 Å². The number of unbranched alkanes of at least 4 members (excludes halogenated alkanes) is 2. The summed E-state index contributed by atoms with van der Waals surface area (Å²) in [6, 6.07) is 0. The van der Waals surface area contributed by atoms with Crippen LogP contribution in [0.5, 0.6) is 0 Å².